The molecular formula is C15H17FN2O2. The van der Waals surface area contributed by atoms with Gasteiger partial charge in [0.25, 0.3) is 0 Å². The Morgan fingerprint density at radius 1 is 1.15 bits per heavy atom. The van der Waals surface area contributed by atoms with Gasteiger partial charge in [-0.25, -0.2) is 4.39 Å². The number of halogens is 1. The molecule has 4 nitrogen and oxygen atoms in total. The van der Waals surface area contributed by atoms with Crippen molar-refractivity contribution < 1.29 is 14.0 Å². The van der Waals surface area contributed by atoms with E-state index < -0.39 is 0 Å². The highest BCUT2D eigenvalue weighted by Gasteiger charge is 2.40. The number of amides is 2. The van der Waals surface area contributed by atoms with E-state index in [1.165, 1.54) is 12.1 Å². The molecule has 2 amide bonds. The minimum absolute atomic E-state index is 0.0219. The number of benzene rings is 1. The van der Waals surface area contributed by atoms with Crippen molar-refractivity contribution >= 4 is 11.8 Å². The van der Waals surface area contributed by atoms with Crippen LogP contribution in [0, 0.1) is 5.82 Å². The predicted molar refractivity (Wildman–Crippen MR) is 71.2 cm³/mol. The summed E-state index contributed by atoms with van der Waals surface area (Å²) in [6, 6.07) is 5.77. The topological polar surface area (TPSA) is 40.6 Å². The van der Waals surface area contributed by atoms with Gasteiger partial charge in [-0.2, -0.15) is 0 Å². The highest BCUT2D eigenvalue weighted by molar-refractivity contribution is 5.95. The van der Waals surface area contributed by atoms with Crippen LogP contribution in [0.25, 0.3) is 0 Å². The number of piperazine rings is 1. The van der Waals surface area contributed by atoms with Crippen LogP contribution in [0.4, 0.5) is 4.39 Å². The summed E-state index contributed by atoms with van der Waals surface area (Å²) in [5.74, 6) is -0.252. The zero-order chi connectivity index (χ0) is 14.1. The van der Waals surface area contributed by atoms with Crippen LogP contribution in [0.1, 0.15) is 24.8 Å². The minimum Gasteiger partial charge on any atom is -0.329 e. The van der Waals surface area contributed by atoms with Gasteiger partial charge in [0.05, 0.1) is 0 Å². The zero-order valence-corrected chi connectivity index (χ0v) is 11.2. The first kappa shape index (κ1) is 13.1. The van der Waals surface area contributed by atoms with Crippen molar-refractivity contribution in [2.75, 3.05) is 13.1 Å². The Kier molecular flexibility index (Phi) is 3.42. The van der Waals surface area contributed by atoms with Gasteiger partial charge in [0, 0.05) is 13.1 Å². The van der Waals surface area contributed by atoms with Crippen molar-refractivity contribution in [1.82, 2.24) is 9.80 Å². The summed E-state index contributed by atoms with van der Waals surface area (Å²) < 4.78 is 12.9. The third-order valence-electron chi connectivity index (χ3n) is 4.03. The monoisotopic (exact) mass is 276 g/mol. The van der Waals surface area contributed by atoms with Crippen LogP contribution in [-0.2, 0) is 16.1 Å². The molecule has 2 heterocycles. The Morgan fingerprint density at radius 3 is 2.65 bits per heavy atom. The molecule has 0 N–H and O–H groups in total. The molecule has 1 aromatic carbocycles. The quantitative estimate of drug-likeness (QED) is 0.822. The largest absolute Gasteiger partial charge is 0.329 e. The van der Waals surface area contributed by atoms with Gasteiger partial charge in [-0.05, 0) is 37.0 Å². The highest BCUT2D eigenvalue weighted by Crippen LogP contribution is 2.24. The fourth-order valence-electron chi connectivity index (χ4n) is 2.97. The first-order valence-electron chi connectivity index (χ1n) is 6.98. The third kappa shape index (κ3) is 2.40. The number of carbonyl (C=O) groups excluding carboxylic acids is 2. The van der Waals surface area contributed by atoms with Gasteiger partial charge in [-0.3, -0.25) is 9.59 Å². The highest BCUT2D eigenvalue weighted by atomic mass is 19.1. The standard InChI is InChI=1S/C15H17FN2O2/c16-12-6-4-11(5-7-12)9-17-10-14(19)18-8-2-1-3-13(18)15(17)20/h4-7,13H,1-3,8-10H2. The molecular weight excluding hydrogens is 259 g/mol. The Bertz CT molecular complexity index is 529. The normalized spacial score (nSPS) is 22.9. The van der Waals surface area contributed by atoms with Crippen molar-refractivity contribution in [2.24, 2.45) is 0 Å². The van der Waals surface area contributed by atoms with Crippen LogP contribution in [-0.4, -0.2) is 40.7 Å². The lowest BCUT2D eigenvalue weighted by Crippen LogP contribution is -2.60. The van der Waals surface area contributed by atoms with E-state index in [0.29, 0.717) is 13.1 Å². The lowest BCUT2D eigenvalue weighted by Gasteiger charge is -2.42. The van der Waals surface area contributed by atoms with Gasteiger partial charge in [0.1, 0.15) is 18.4 Å². The smallest absolute Gasteiger partial charge is 0.246 e. The van der Waals surface area contributed by atoms with E-state index in [-0.39, 0.29) is 30.2 Å². The van der Waals surface area contributed by atoms with Gasteiger partial charge >= 0.3 is 0 Å². The van der Waals surface area contributed by atoms with E-state index in [9.17, 15) is 14.0 Å². The Labute approximate surface area is 117 Å². The van der Waals surface area contributed by atoms with E-state index in [2.05, 4.69) is 0 Å². The molecule has 2 aliphatic heterocycles. The van der Waals surface area contributed by atoms with Gasteiger partial charge in [0.2, 0.25) is 11.8 Å². The molecule has 3 rings (SSSR count). The second-order valence-corrected chi connectivity index (χ2v) is 5.42. The molecule has 2 saturated heterocycles. The summed E-state index contributed by atoms with van der Waals surface area (Å²) in [5.41, 5.74) is 0.844. The summed E-state index contributed by atoms with van der Waals surface area (Å²) in [7, 11) is 0. The Hall–Kier alpha value is -1.91. The van der Waals surface area contributed by atoms with Gasteiger partial charge < -0.3 is 9.80 Å². The van der Waals surface area contributed by atoms with Crippen LogP contribution in [0.3, 0.4) is 0 Å². The maximum absolute atomic E-state index is 12.9. The van der Waals surface area contributed by atoms with Gasteiger partial charge in [-0.1, -0.05) is 12.1 Å². The fraction of sp³-hybridized carbons (Fsp3) is 0.467. The van der Waals surface area contributed by atoms with E-state index in [0.717, 1.165) is 24.8 Å². The van der Waals surface area contributed by atoms with Crippen molar-refractivity contribution in [3.8, 4) is 0 Å². The first-order valence-corrected chi connectivity index (χ1v) is 6.98. The zero-order valence-electron chi connectivity index (χ0n) is 11.2. The summed E-state index contributed by atoms with van der Waals surface area (Å²) >= 11 is 0. The lowest BCUT2D eigenvalue weighted by atomic mass is 9.98. The summed E-state index contributed by atoms with van der Waals surface area (Å²) in [4.78, 5) is 27.8. The van der Waals surface area contributed by atoms with Crippen LogP contribution in [0.15, 0.2) is 24.3 Å². The average Bonchev–Trinajstić information content (AvgIpc) is 2.47. The van der Waals surface area contributed by atoms with Gasteiger partial charge in [0.15, 0.2) is 0 Å². The molecule has 0 aliphatic carbocycles. The third-order valence-corrected chi connectivity index (χ3v) is 4.03. The van der Waals surface area contributed by atoms with Crippen LogP contribution in [0.2, 0.25) is 0 Å². The lowest BCUT2D eigenvalue weighted by molar-refractivity contribution is -0.158. The van der Waals surface area contributed by atoms with E-state index in [1.807, 2.05) is 0 Å². The minimum atomic E-state index is -0.298. The number of hydrogen-bond donors (Lipinski definition) is 0. The molecule has 0 radical (unpaired) electrons. The average molecular weight is 276 g/mol. The van der Waals surface area contributed by atoms with Crippen LogP contribution < -0.4 is 0 Å². The predicted octanol–water partition coefficient (Wildman–Crippen LogP) is 1.55. The summed E-state index contributed by atoms with van der Waals surface area (Å²) in [6.07, 6.45) is 2.72. The fourth-order valence-corrected chi connectivity index (χ4v) is 2.97. The molecule has 2 aliphatic rings. The maximum Gasteiger partial charge on any atom is 0.246 e. The second-order valence-electron chi connectivity index (χ2n) is 5.42. The summed E-state index contributed by atoms with van der Waals surface area (Å²) in [6.45, 7) is 1.20. The number of piperidine rings is 1. The SMILES string of the molecule is O=C1C2CCCCN2C(=O)CN1Cc1ccc(F)cc1. The maximum atomic E-state index is 12.9. The number of rotatable bonds is 2. The molecule has 1 aromatic rings. The first-order chi connectivity index (χ1) is 9.65. The Morgan fingerprint density at radius 2 is 1.90 bits per heavy atom. The number of hydrogen-bond acceptors (Lipinski definition) is 2. The molecule has 5 heteroatoms. The van der Waals surface area contributed by atoms with Gasteiger partial charge in [-0.15, -0.1) is 0 Å². The number of fused-ring (bicyclic) bond motifs is 1. The van der Waals surface area contributed by atoms with E-state index in [1.54, 1.807) is 21.9 Å². The molecule has 0 spiro atoms. The molecule has 1 unspecified atom stereocenters. The van der Waals surface area contributed by atoms with Crippen LogP contribution >= 0.6 is 0 Å². The van der Waals surface area contributed by atoms with Crippen molar-refractivity contribution in [2.45, 2.75) is 31.8 Å². The molecule has 0 bridgehead atoms. The van der Waals surface area contributed by atoms with Crippen LogP contribution in [0.5, 0.6) is 0 Å². The Balaban J connectivity index is 1.75. The van der Waals surface area contributed by atoms with E-state index >= 15 is 0 Å². The molecule has 106 valence electrons. The molecule has 0 saturated carbocycles. The summed E-state index contributed by atoms with van der Waals surface area (Å²) in [5, 5.41) is 0. The van der Waals surface area contributed by atoms with Crippen molar-refractivity contribution in [3.05, 3.63) is 35.6 Å². The molecule has 2 fully saturated rings. The van der Waals surface area contributed by atoms with Crippen molar-refractivity contribution in [1.29, 1.82) is 0 Å². The number of carbonyl (C=O) groups is 2. The van der Waals surface area contributed by atoms with E-state index in [4.69, 9.17) is 0 Å². The molecule has 20 heavy (non-hydrogen) atoms. The molecule has 0 aromatic heterocycles. The second kappa shape index (κ2) is 5.23. The molecule has 1 atom stereocenters. The number of nitrogens with zero attached hydrogens (tertiary/aromatic N) is 2. The van der Waals surface area contributed by atoms with Crippen molar-refractivity contribution in [3.63, 3.8) is 0 Å².